The molecule has 42 heavy (non-hydrogen) atoms. The highest BCUT2D eigenvalue weighted by Crippen LogP contribution is 2.36. The van der Waals surface area contributed by atoms with Gasteiger partial charge in [-0.15, -0.1) is 0 Å². The molecule has 0 bridgehead atoms. The number of nitrogens with one attached hydrogen (secondary N) is 3. The van der Waals surface area contributed by atoms with E-state index in [9.17, 15) is 44.2 Å². The van der Waals surface area contributed by atoms with Crippen LogP contribution in [0.4, 0.5) is 4.79 Å². The average molecular weight is 625 g/mol. The smallest absolute Gasteiger partial charge is 0.389 e. The summed E-state index contributed by atoms with van der Waals surface area (Å²) in [4.78, 5) is 66.7. The van der Waals surface area contributed by atoms with E-state index in [1.807, 2.05) is 0 Å². The van der Waals surface area contributed by atoms with Gasteiger partial charge < -0.3 is 25.4 Å². The molecule has 0 aromatic rings. The molecule has 17 nitrogen and oxygen atoms in total. The predicted molar refractivity (Wildman–Crippen MR) is 148 cm³/mol. The fourth-order valence-corrected chi connectivity index (χ4v) is 3.58. The quantitative estimate of drug-likeness (QED) is 0.0296. The Kier molecular flexibility index (Phi) is 19.8. The lowest BCUT2D eigenvalue weighted by molar-refractivity contribution is -0.167. The van der Waals surface area contributed by atoms with Crippen LogP contribution in [0.1, 0.15) is 71.1 Å². The number of hydrogen-bond acceptors (Lipinski definition) is 11. The molecule has 0 aliphatic carbocycles. The molecule has 0 heterocycles. The van der Waals surface area contributed by atoms with E-state index >= 15 is 0 Å². The first-order valence-electron chi connectivity index (χ1n) is 13.5. The largest absolute Gasteiger partial charge is 0.413 e. The summed E-state index contributed by atoms with van der Waals surface area (Å²) in [5.74, 6) is -2.29. The summed E-state index contributed by atoms with van der Waals surface area (Å²) in [5, 5.41) is 38.1. The molecule has 0 aromatic carbocycles. The molecule has 0 aliphatic heterocycles. The standard InChI is InChI=1S/C24H45N6O11P/c1-19(10-12-22(33)28(36)16-9-5-7-15-26-24(35)41-42(3,39)40)25-14-6-4-8-17-29(37)23(34)13-11-21(32)27-18-30(38)20(2)31/h25,36-38H,1,4-18H2,2-3H3,(H,26,35)(H,27,32)(H,39,40). The summed E-state index contributed by atoms with van der Waals surface area (Å²) in [5.41, 5.74) is 0.624. The van der Waals surface area contributed by atoms with Crippen LogP contribution < -0.4 is 16.0 Å². The Morgan fingerprint density at radius 2 is 1.24 bits per heavy atom. The van der Waals surface area contributed by atoms with Crippen LogP contribution in [0.25, 0.3) is 0 Å². The van der Waals surface area contributed by atoms with Gasteiger partial charge in [-0.25, -0.2) is 24.5 Å². The van der Waals surface area contributed by atoms with Gasteiger partial charge in [-0.3, -0.25) is 34.8 Å². The normalized spacial score (nSPS) is 12.0. The summed E-state index contributed by atoms with van der Waals surface area (Å²) in [6, 6.07) is 0. The van der Waals surface area contributed by atoms with E-state index in [0.29, 0.717) is 72.4 Å². The maximum atomic E-state index is 12.1. The molecule has 1 atom stereocenters. The van der Waals surface area contributed by atoms with Crippen molar-refractivity contribution in [2.45, 2.75) is 71.1 Å². The van der Waals surface area contributed by atoms with Crippen molar-refractivity contribution in [1.82, 2.24) is 31.1 Å². The van der Waals surface area contributed by atoms with Crippen molar-refractivity contribution >= 4 is 37.3 Å². The molecular formula is C24H45N6O11P. The van der Waals surface area contributed by atoms with Crippen LogP contribution in [0.15, 0.2) is 12.3 Å². The van der Waals surface area contributed by atoms with Gasteiger partial charge in [0.05, 0.1) is 0 Å². The van der Waals surface area contributed by atoms with Crippen molar-refractivity contribution in [2.24, 2.45) is 0 Å². The molecule has 1 unspecified atom stereocenters. The number of hydroxylamine groups is 6. The number of nitrogens with zero attached hydrogens (tertiary/aromatic N) is 3. The van der Waals surface area contributed by atoms with Gasteiger partial charge in [0.2, 0.25) is 23.6 Å². The SMILES string of the molecule is C=C(CCC(=O)N(O)CCCCCNC(=O)OP(C)(=O)O)NCCCCCN(O)C(=O)CCC(=O)NCN(O)C(C)=O. The average Bonchev–Trinajstić information content (AvgIpc) is 2.91. The lowest BCUT2D eigenvalue weighted by Crippen LogP contribution is -2.38. The minimum absolute atomic E-state index is 0.0581. The zero-order valence-corrected chi connectivity index (χ0v) is 25.1. The molecule has 0 spiro atoms. The zero-order valence-electron chi connectivity index (χ0n) is 24.2. The minimum atomic E-state index is -3.89. The summed E-state index contributed by atoms with van der Waals surface area (Å²) in [6.45, 7) is 6.46. The van der Waals surface area contributed by atoms with Crippen molar-refractivity contribution in [3.05, 3.63) is 12.3 Å². The van der Waals surface area contributed by atoms with Crippen LogP contribution in [0.2, 0.25) is 0 Å². The Bertz CT molecular complexity index is 946. The second kappa shape index (κ2) is 21.5. The lowest BCUT2D eigenvalue weighted by Gasteiger charge is -2.16. The van der Waals surface area contributed by atoms with Crippen molar-refractivity contribution in [2.75, 3.05) is 39.5 Å². The summed E-state index contributed by atoms with van der Waals surface area (Å²) >= 11 is 0. The van der Waals surface area contributed by atoms with Gasteiger partial charge in [0.15, 0.2) is 0 Å². The van der Waals surface area contributed by atoms with Gasteiger partial charge >= 0.3 is 13.7 Å². The molecule has 18 heteroatoms. The van der Waals surface area contributed by atoms with Gasteiger partial charge in [-0.1, -0.05) is 6.58 Å². The molecule has 0 aliphatic rings. The first kappa shape index (κ1) is 38.8. The Labute approximate surface area is 245 Å². The van der Waals surface area contributed by atoms with Crippen LogP contribution in [0.5, 0.6) is 0 Å². The number of hydrogen-bond donors (Lipinski definition) is 7. The summed E-state index contributed by atoms with van der Waals surface area (Å²) < 4.78 is 15.2. The number of carbonyl (C=O) groups is 5. The van der Waals surface area contributed by atoms with E-state index in [1.165, 1.54) is 0 Å². The third-order valence-electron chi connectivity index (χ3n) is 5.56. The molecule has 7 N–H and O–H groups in total. The van der Waals surface area contributed by atoms with E-state index in [0.717, 1.165) is 13.6 Å². The molecule has 0 rings (SSSR count). The third-order valence-corrected chi connectivity index (χ3v) is 6.07. The Morgan fingerprint density at radius 1 is 0.738 bits per heavy atom. The van der Waals surface area contributed by atoms with Gasteiger partial charge in [-0.2, -0.15) is 0 Å². The second-order valence-electron chi connectivity index (χ2n) is 9.47. The van der Waals surface area contributed by atoms with Crippen LogP contribution in [0.3, 0.4) is 0 Å². The monoisotopic (exact) mass is 624 g/mol. The van der Waals surface area contributed by atoms with Gasteiger partial charge in [-0.05, 0) is 44.9 Å². The van der Waals surface area contributed by atoms with E-state index in [1.54, 1.807) is 0 Å². The first-order valence-corrected chi connectivity index (χ1v) is 15.6. The Balaban J connectivity index is 3.84. The highest BCUT2D eigenvalue weighted by molar-refractivity contribution is 7.52. The zero-order chi connectivity index (χ0) is 32.1. The number of amides is 5. The van der Waals surface area contributed by atoms with Crippen molar-refractivity contribution in [1.29, 1.82) is 0 Å². The highest BCUT2D eigenvalue weighted by atomic mass is 31.2. The van der Waals surface area contributed by atoms with E-state index in [4.69, 9.17) is 4.89 Å². The molecule has 0 fully saturated rings. The predicted octanol–water partition coefficient (Wildman–Crippen LogP) is 1.28. The van der Waals surface area contributed by atoms with Gasteiger partial charge in [0.1, 0.15) is 6.67 Å². The molecule has 0 saturated heterocycles. The van der Waals surface area contributed by atoms with Gasteiger partial charge in [0.25, 0.3) is 0 Å². The second-order valence-corrected chi connectivity index (χ2v) is 11.3. The molecule has 0 aromatic heterocycles. The van der Waals surface area contributed by atoms with E-state index in [2.05, 4.69) is 27.1 Å². The molecule has 0 radical (unpaired) electrons. The number of rotatable bonds is 22. The molecule has 0 saturated carbocycles. The van der Waals surface area contributed by atoms with Crippen molar-refractivity contribution in [3.63, 3.8) is 0 Å². The fourth-order valence-electron chi connectivity index (χ4n) is 3.21. The highest BCUT2D eigenvalue weighted by Gasteiger charge is 2.16. The maximum Gasteiger partial charge on any atom is 0.413 e. The minimum Gasteiger partial charge on any atom is -0.389 e. The van der Waals surface area contributed by atoms with Crippen molar-refractivity contribution < 1.29 is 53.6 Å². The van der Waals surface area contributed by atoms with Crippen molar-refractivity contribution in [3.8, 4) is 0 Å². The van der Waals surface area contributed by atoms with Crippen LogP contribution in [0, 0.1) is 0 Å². The summed E-state index contributed by atoms with van der Waals surface area (Å²) in [6.07, 6.45) is 2.48. The van der Waals surface area contributed by atoms with Gasteiger partial charge in [0, 0.05) is 64.7 Å². The molecule has 5 amide bonds. The third kappa shape index (κ3) is 21.5. The first-order chi connectivity index (χ1) is 19.6. The van der Waals surface area contributed by atoms with Crippen LogP contribution in [-0.4, -0.2) is 105 Å². The maximum absolute atomic E-state index is 12.1. The number of allylic oxidation sites excluding steroid dienone is 1. The lowest BCUT2D eigenvalue weighted by atomic mass is 10.2. The fraction of sp³-hybridized carbons (Fsp3) is 0.708. The molecular weight excluding hydrogens is 579 g/mol. The Morgan fingerprint density at radius 3 is 1.74 bits per heavy atom. The number of carbonyl (C=O) groups excluding carboxylic acids is 5. The van der Waals surface area contributed by atoms with Crippen LogP contribution >= 0.6 is 7.60 Å². The van der Waals surface area contributed by atoms with E-state index < -0.39 is 44.0 Å². The summed E-state index contributed by atoms with van der Waals surface area (Å²) in [7, 11) is -3.89. The topological polar surface area (TPSA) is 238 Å². The van der Waals surface area contributed by atoms with E-state index in [-0.39, 0.29) is 38.9 Å². The molecule has 242 valence electrons. The number of unbranched alkanes of at least 4 members (excludes halogenated alkanes) is 4. The Hall–Kier alpha value is -3.24. The van der Waals surface area contributed by atoms with Crippen LogP contribution in [-0.2, 0) is 28.3 Å².